The molecular formula is C22H26N4O2S. The van der Waals surface area contributed by atoms with E-state index in [9.17, 15) is 9.59 Å². The second-order valence-corrected chi connectivity index (χ2v) is 8.90. The Morgan fingerprint density at radius 3 is 2.79 bits per heavy atom. The Morgan fingerprint density at radius 2 is 2.03 bits per heavy atom. The summed E-state index contributed by atoms with van der Waals surface area (Å²) in [7, 11) is 0. The van der Waals surface area contributed by atoms with Gasteiger partial charge in [0.2, 0.25) is 0 Å². The molecule has 2 amide bonds. The summed E-state index contributed by atoms with van der Waals surface area (Å²) in [4.78, 5) is 35.1. The number of amides is 2. The lowest BCUT2D eigenvalue weighted by molar-refractivity contribution is 0.0787. The molecule has 0 spiro atoms. The first-order valence-electron chi connectivity index (χ1n) is 10.1. The monoisotopic (exact) mass is 410 g/mol. The maximum atomic E-state index is 12.9. The molecule has 1 aliphatic heterocycles. The maximum Gasteiger partial charge on any atom is 0.273 e. The normalized spacial score (nSPS) is 15.2. The number of aromatic nitrogens is 2. The number of fused-ring (bicyclic) bond motifs is 1. The van der Waals surface area contributed by atoms with E-state index in [4.69, 9.17) is 0 Å². The first-order valence-corrected chi connectivity index (χ1v) is 11.0. The third-order valence-corrected chi connectivity index (χ3v) is 6.22. The zero-order valence-corrected chi connectivity index (χ0v) is 17.6. The number of thiazole rings is 1. The maximum absolute atomic E-state index is 12.9. The van der Waals surface area contributed by atoms with Crippen LogP contribution in [0.2, 0.25) is 0 Å². The average molecular weight is 411 g/mol. The van der Waals surface area contributed by atoms with Gasteiger partial charge in [0.15, 0.2) is 0 Å². The molecule has 0 bridgehead atoms. The number of carbonyl (C=O) groups is 2. The van der Waals surface area contributed by atoms with Gasteiger partial charge < -0.3 is 15.2 Å². The van der Waals surface area contributed by atoms with Crippen LogP contribution in [0.25, 0.3) is 10.9 Å². The molecule has 152 valence electrons. The Morgan fingerprint density at radius 1 is 1.24 bits per heavy atom. The SMILES string of the molecule is CC(C)C[C@@H](NC(=O)c1ccc2[nH]ccc2c1)c1nc(C(=O)N2CCCC2)cs1. The summed E-state index contributed by atoms with van der Waals surface area (Å²) < 4.78 is 0. The first-order chi connectivity index (χ1) is 14.0. The van der Waals surface area contributed by atoms with E-state index in [-0.39, 0.29) is 17.9 Å². The molecule has 0 saturated carbocycles. The Hall–Kier alpha value is -2.67. The van der Waals surface area contributed by atoms with Crippen molar-refractivity contribution in [2.45, 2.75) is 39.2 Å². The highest BCUT2D eigenvalue weighted by Crippen LogP contribution is 2.26. The predicted octanol–water partition coefficient (Wildman–Crippen LogP) is 4.38. The van der Waals surface area contributed by atoms with Crippen molar-refractivity contribution in [3.05, 3.63) is 52.1 Å². The van der Waals surface area contributed by atoms with Crippen molar-refractivity contribution < 1.29 is 9.59 Å². The molecule has 1 aliphatic rings. The molecule has 0 radical (unpaired) electrons. The Kier molecular flexibility index (Phi) is 5.67. The van der Waals surface area contributed by atoms with E-state index in [1.54, 1.807) is 0 Å². The Labute approximate surface area is 174 Å². The van der Waals surface area contributed by atoms with Crippen LogP contribution >= 0.6 is 11.3 Å². The number of hydrogen-bond acceptors (Lipinski definition) is 4. The van der Waals surface area contributed by atoms with E-state index in [1.807, 2.05) is 40.7 Å². The van der Waals surface area contributed by atoms with E-state index in [0.717, 1.165) is 48.3 Å². The van der Waals surface area contributed by atoms with Gasteiger partial charge in [0.1, 0.15) is 10.7 Å². The first kappa shape index (κ1) is 19.6. The standard InChI is InChI=1S/C22H26N4O2S/c1-14(2)11-18(21-25-19(13-29-21)22(28)26-9-3-4-10-26)24-20(27)16-5-6-17-15(12-16)7-8-23-17/h5-8,12-14,18,23H,3-4,9-11H2,1-2H3,(H,24,27)/t18-/m1/s1. The predicted molar refractivity (Wildman–Crippen MR) is 115 cm³/mol. The molecule has 7 heteroatoms. The molecule has 3 aromatic rings. The second kappa shape index (κ2) is 8.37. The van der Waals surface area contributed by atoms with Crippen LogP contribution in [-0.4, -0.2) is 39.8 Å². The van der Waals surface area contributed by atoms with Crippen molar-refractivity contribution in [1.29, 1.82) is 0 Å². The minimum Gasteiger partial charge on any atom is -0.361 e. The fourth-order valence-electron chi connectivity index (χ4n) is 3.76. The number of aromatic amines is 1. The summed E-state index contributed by atoms with van der Waals surface area (Å²) in [5, 5.41) is 6.75. The minimum absolute atomic E-state index is 0.00228. The number of carbonyl (C=O) groups excluding carboxylic acids is 2. The summed E-state index contributed by atoms with van der Waals surface area (Å²) in [6, 6.07) is 7.37. The van der Waals surface area contributed by atoms with Crippen LogP contribution in [0.15, 0.2) is 35.8 Å². The van der Waals surface area contributed by atoms with Crippen LogP contribution in [0.3, 0.4) is 0 Å². The highest BCUT2D eigenvalue weighted by atomic mass is 32.1. The summed E-state index contributed by atoms with van der Waals surface area (Å²) in [6.07, 6.45) is 4.74. The van der Waals surface area contributed by atoms with E-state index in [2.05, 4.69) is 29.1 Å². The fourth-order valence-corrected chi connectivity index (χ4v) is 4.61. The molecule has 2 aromatic heterocycles. The molecule has 4 rings (SSSR count). The van der Waals surface area contributed by atoms with Gasteiger partial charge in [-0.15, -0.1) is 11.3 Å². The van der Waals surface area contributed by atoms with E-state index < -0.39 is 0 Å². The van der Waals surface area contributed by atoms with Crippen LogP contribution in [0.5, 0.6) is 0 Å². The van der Waals surface area contributed by atoms with Crippen molar-refractivity contribution in [3.63, 3.8) is 0 Å². The number of benzene rings is 1. The van der Waals surface area contributed by atoms with Crippen molar-refractivity contribution in [3.8, 4) is 0 Å². The van der Waals surface area contributed by atoms with Crippen molar-refractivity contribution in [1.82, 2.24) is 20.2 Å². The number of hydrogen-bond donors (Lipinski definition) is 2. The second-order valence-electron chi connectivity index (χ2n) is 8.01. The smallest absolute Gasteiger partial charge is 0.273 e. The topological polar surface area (TPSA) is 78.1 Å². The van der Waals surface area contributed by atoms with E-state index in [0.29, 0.717) is 17.2 Å². The molecule has 3 heterocycles. The van der Waals surface area contributed by atoms with Crippen LogP contribution in [0.1, 0.15) is 65.0 Å². The molecule has 1 fully saturated rings. The van der Waals surface area contributed by atoms with Gasteiger partial charge in [-0.25, -0.2) is 4.98 Å². The van der Waals surface area contributed by atoms with Gasteiger partial charge in [0.05, 0.1) is 6.04 Å². The van der Waals surface area contributed by atoms with Gasteiger partial charge in [0, 0.05) is 41.1 Å². The summed E-state index contributed by atoms with van der Waals surface area (Å²) in [5.74, 6) is 0.257. The molecule has 0 aliphatic carbocycles. The lowest BCUT2D eigenvalue weighted by Crippen LogP contribution is -2.30. The third kappa shape index (κ3) is 4.34. The number of likely N-dealkylation sites (tertiary alicyclic amines) is 1. The molecular weight excluding hydrogens is 384 g/mol. The van der Waals surface area contributed by atoms with Gasteiger partial charge >= 0.3 is 0 Å². The highest BCUT2D eigenvalue weighted by molar-refractivity contribution is 7.09. The molecule has 6 nitrogen and oxygen atoms in total. The van der Waals surface area contributed by atoms with Crippen molar-refractivity contribution >= 4 is 34.1 Å². The lowest BCUT2D eigenvalue weighted by atomic mass is 10.0. The average Bonchev–Trinajstić information content (AvgIpc) is 3.47. The summed E-state index contributed by atoms with van der Waals surface area (Å²) in [5.41, 5.74) is 2.12. The quantitative estimate of drug-likeness (QED) is 0.633. The zero-order valence-electron chi connectivity index (χ0n) is 16.8. The number of rotatable bonds is 6. The zero-order chi connectivity index (χ0) is 20.4. The summed E-state index contributed by atoms with van der Waals surface area (Å²) in [6.45, 7) is 5.85. The molecule has 29 heavy (non-hydrogen) atoms. The number of H-pyrrole nitrogens is 1. The largest absolute Gasteiger partial charge is 0.361 e. The van der Waals surface area contributed by atoms with E-state index >= 15 is 0 Å². The van der Waals surface area contributed by atoms with Crippen LogP contribution in [0, 0.1) is 5.92 Å². The van der Waals surface area contributed by atoms with Gasteiger partial charge in [0.25, 0.3) is 11.8 Å². The van der Waals surface area contributed by atoms with Gasteiger partial charge in [-0.2, -0.15) is 0 Å². The highest BCUT2D eigenvalue weighted by Gasteiger charge is 2.25. The molecule has 0 unspecified atom stereocenters. The fraction of sp³-hybridized carbons (Fsp3) is 0.409. The van der Waals surface area contributed by atoms with Crippen LogP contribution in [-0.2, 0) is 0 Å². The molecule has 1 saturated heterocycles. The van der Waals surface area contributed by atoms with Gasteiger partial charge in [-0.3, -0.25) is 9.59 Å². The Bertz CT molecular complexity index is 1020. The lowest BCUT2D eigenvalue weighted by Gasteiger charge is -2.19. The van der Waals surface area contributed by atoms with Gasteiger partial charge in [-0.05, 0) is 49.4 Å². The van der Waals surface area contributed by atoms with Gasteiger partial charge in [-0.1, -0.05) is 13.8 Å². The van der Waals surface area contributed by atoms with E-state index in [1.165, 1.54) is 11.3 Å². The summed E-state index contributed by atoms with van der Waals surface area (Å²) >= 11 is 1.45. The van der Waals surface area contributed by atoms with Crippen molar-refractivity contribution in [2.24, 2.45) is 5.92 Å². The van der Waals surface area contributed by atoms with Crippen molar-refractivity contribution in [2.75, 3.05) is 13.1 Å². The Balaban J connectivity index is 1.52. The molecule has 1 atom stereocenters. The third-order valence-electron chi connectivity index (χ3n) is 5.26. The van der Waals surface area contributed by atoms with Crippen LogP contribution < -0.4 is 5.32 Å². The minimum atomic E-state index is -0.213. The molecule has 2 N–H and O–H groups in total. The number of nitrogens with one attached hydrogen (secondary N) is 2. The van der Waals surface area contributed by atoms with Crippen LogP contribution in [0.4, 0.5) is 0 Å². The number of nitrogens with zero attached hydrogens (tertiary/aromatic N) is 2. The molecule has 1 aromatic carbocycles.